The van der Waals surface area contributed by atoms with E-state index in [1.165, 1.54) is 0 Å². The number of carbonyl (C=O) groups is 1. The summed E-state index contributed by atoms with van der Waals surface area (Å²) in [7, 11) is 0. The molecular formula is C15H17F3N2O. The Morgan fingerprint density at radius 3 is 2.62 bits per heavy atom. The molecule has 0 saturated heterocycles. The second-order valence-corrected chi connectivity index (χ2v) is 4.99. The van der Waals surface area contributed by atoms with E-state index in [4.69, 9.17) is 0 Å². The van der Waals surface area contributed by atoms with Crippen LogP contribution in [0.25, 0.3) is 5.57 Å². The van der Waals surface area contributed by atoms with Gasteiger partial charge in [-0.2, -0.15) is 13.2 Å². The van der Waals surface area contributed by atoms with E-state index in [-0.39, 0.29) is 6.54 Å². The fourth-order valence-corrected chi connectivity index (χ4v) is 2.26. The normalized spacial score (nSPS) is 16.4. The van der Waals surface area contributed by atoms with E-state index in [0.717, 1.165) is 17.6 Å². The number of alkyl halides is 3. The van der Waals surface area contributed by atoms with E-state index in [1.54, 1.807) is 0 Å². The highest BCUT2D eigenvalue weighted by Crippen LogP contribution is 2.20. The van der Waals surface area contributed by atoms with Crippen molar-refractivity contribution in [3.63, 3.8) is 0 Å². The van der Waals surface area contributed by atoms with E-state index in [1.807, 2.05) is 40.5 Å². The Morgan fingerprint density at radius 2 is 1.95 bits per heavy atom. The average molecular weight is 298 g/mol. The summed E-state index contributed by atoms with van der Waals surface area (Å²) in [6, 6.07) is 9.77. The molecule has 114 valence electrons. The Morgan fingerprint density at radius 1 is 1.24 bits per heavy atom. The third-order valence-corrected chi connectivity index (χ3v) is 3.23. The van der Waals surface area contributed by atoms with Crippen LogP contribution in [0, 0.1) is 0 Å². The SMILES string of the molecule is O=C(CN1CCC=C(c2ccccc2)C1)NCC(F)(F)F. The maximum absolute atomic E-state index is 12.0. The van der Waals surface area contributed by atoms with Crippen molar-refractivity contribution in [1.29, 1.82) is 0 Å². The van der Waals surface area contributed by atoms with Crippen molar-refractivity contribution in [3.8, 4) is 0 Å². The van der Waals surface area contributed by atoms with Crippen LogP contribution in [0.3, 0.4) is 0 Å². The Bertz CT molecular complexity index is 511. The maximum Gasteiger partial charge on any atom is 0.405 e. The molecule has 21 heavy (non-hydrogen) atoms. The second kappa shape index (κ2) is 6.76. The number of halogens is 3. The van der Waals surface area contributed by atoms with Crippen LogP contribution >= 0.6 is 0 Å². The lowest BCUT2D eigenvalue weighted by Gasteiger charge is -2.27. The first kappa shape index (κ1) is 15.6. The van der Waals surface area contributed by atoms with Crippen LogP contribution in [0.4, 0.5) is 13.2 Å². The molecule has 1 aliphatic rings. The Hall–Kier alpha value is -1.82. The van der Waals surface area contributed by atoms with Gasteiger partial charge in [-0.25, -0.2) is 0 Å². The van der Waals surface area contributed by atoms with Crippen LogP contribution in [0.5, 0.6) is 0 Å². The predicted molar refractivity (Wildman–Crippen MR) is 74.5 cm³/mol. The van der Waals surface area contributed by atoms with Gasteiger partial charge in [0, 0.05) is 13.1 Å². The molecule has 0 radical (unpaired) electrons. The van der Waals surface area contributed by atoms with E-state index in [2.05, 4.69) is 6.08 Å². The van der Waals surface area contributed by atoms with Gasteiger partial charge in [0.05, 0.1) is 6.54 Å². The molecule has 0 unspecified atom stereocenters. The first-order valence-corrected chi connectivity index (χ1v) is 6.74. The zero-order valence-electron chi connectivity index (χ0n) is 11.5. The van der Waals surface area contributed by atoms with Gasteiger partial charge in [-0.1, -0.05) is 36.4 Å². The largest absolute Gasteiger partial charge is 0.405 e. The molecule has 0 saturated carbocycles. The summed E-state index contributed by atoms with van der Waals surface area (Å²) in [5.41, 5.74) is 2.18. The highest BCUT2D eigenvalue weighted by Gasteiger charge is 2.28. The van der Waals surface area contributed by atoms with Crippen LogP contribution in [-0.4, -0.2) is 43.2 Å². The number of rotatable bonds is 4. The molecule has 0 bridgehead atoms. The molecule has 0 aromatic heterocycles. The Balaban J connectivity index is 1.86. The molecule has 1 amide bonds. The van der Waals surface area contributed by atoms with Crippen LogP contribution < -0.4 is 5.32 Å². The minimum Gasteiger partial charge on any atom is -0.346 e. The molecular weight excluding hydrogens is 281 g/mol. The Kier molecular flexibility index (Phi) is 5.01. The first-order valence-electron chi connectivity index (χ1n) is 6.74. The van der Waals surface area contributed by atoms with Crippen LogP contribution in [0.15, 0.2) is 36.4 Å². The number of nitrogens with zero attached hydrogens (tertiary/aromatic N) is 1. The molecule has 6 heteroatoms. The third kappa shape index (κ3) is 5.23. The number of carbonyl (C=O) groups excluding carboxylic acids is 1. The molecule has 0 spiro atoms. The van der Waals surface area contributed by atoms with Crippen LogP contribution in [0.1, 0.15) is 12.0 Å². The van der Waals surface area contributed by atoms with Crippen molar-refractivity contribution >= 4 is 11.5 Å². The quantitative estimate of drug-likeness (QED) is 0.926. The van der Waals surface area contributed by atoms with Crippen molar-refractivity contribution in [1.82, 2.24) is 10.2 Å². The molecule has 0 aliphatic carbocycles. The number of hydrogen-bond donors (Lipinski definition) is 1. The zero-order valence-corrected chi connectivity index (χ0v) is 11.5. The van der Waals surface area contributed by atoms with Crippen molar-refractivity contribution < 1.29 is 18.0 Å². The molecule has 1 aromatic rings. The molecule has 1 heterocycles. The lowest BCUT2D eigenvalue weighted by Crippen LogP contribution is -2.42. The van der Waals surface area contributed by atoms with Gasteiger partial charge in [0.1, 0.15) is 6.54 Å². The van der Waals surface area contributed by atoms with Gasteiger partial charge in [0.2, 0.25) is 5.91 Å². The molecule has 0 fully saturated rings. The molecule has 0 atom stereocenters. The molecule has 3 nitrogen and oxygen atoms in total. The summed E-state index contributed by atoms with van der Waals surface area (Å²) in [5.74, 6) is -0.596. The minimum absolute atomic E-state index is 0.0136. The topological polar surface area (TPSA) is 32.3 Å². The van der Waals surface area contributed by atoms with Gasteiger partial charge in [-0.15, -0.1) is 0 Å². The second-order valence-electron chi connectivity index (χ2n) is 4.99. The first-order chi connectivity index (χ1) is 9.94. The van der Waals surface area contributed by atoms with Crippen LogP contribution in [-0.2, 0) is 4.79 Å². The molecule has 1 aromatic carbocycles. The summed E-state index contributed by atoms with van der Waals surface area (Å²) in [6.45, 7) is -0.0411. The fraction of sp³-hybridized carbons (Fsp3) is 0.400. The van der Waals surface area contributed by atoms with Crippen molar-refractivity contribution in [2.75, 3.05) is 26.2 Å². The standard InChI is InChI=1S/C15H17F3N2O/c16-15(17,18)11-19-14(21)10-20-8-4-7-13(9-20)12-5-2-1-3-6-12/h1-3,5-7H,4,8-11H2,(H,19,21). The van der Waals surface area contributed by atoms with E-state index < -0.39 is 18.6 Å². The molecule has 2 rings (SSSR count). The monoisotopic (exact) mass is 298 g/mol. The number of benzene rings is 1. The molecule has 1 N–H and O–H groups in total. The number of amides is 1. The minimum atomic E-state index is -4.37. The number of hydrogen-bond acceptors (Lipinski definition) is 2. The summed E-state index contributed by atoms with van der Waals surface area (Å²) in [6.07, 6.45) is -1.47. The summed E-state index contributed by atoms with van der Waals surface area (Å²) in [4.78, 5) is 13.4. The van der Waals surface area contributed by atoms with E-state index in [9.17, 15) is 18.0 Å². The highest BCUT2D eigenvalue weighted by atomic mass is 19.4. The third-order valence-electron chi connectivity index (χ3n) is 3.23. The zero-order chi connectivity index (χ0) is 15.3. The Labute approximate surface area is 121 Å². The smallest absolute Gasteiger partial charge is 0.346 e. The van der Waals surface area contributed by atoms with E-state index in [0.29, 0.717) is 13.1 Å². The van der Waals surface area contributed by atoms with Gasteiger partial charge in [0.25, 0.3) is 0 Å². The predicted octanol–water partition coefficient (Wildman–Crippen LogP) is 2.45. The van der Waals surface area contributed by atoms with Crippen molar-refractivity contribution in [2.24, 2.45) is 0 Å². The average Bonchev–Trinajstić information content (AvgIpc) is 2.46. The lowest BCUT2D eigenvalue weighted by molar-refractivity contribution is -0.139. The van der Waals surface area contributed by atoms with Gasteiger partial charge in [-0.3, -0.25) is 9.69 Å². The lowest BCUT2D eigenvalue weighted by atomic mass is 10.0. The molecule has 1 aliphatic heterocycles. The highest BCUT2D eigenvalue weighted by molar-refractivity contribution is 5.78. The fourth-order valence-electron chi connectivity index (χ4n) is 2.26. The van der Waals surface area contributed by atoms with Crippen LogP contribution in [0.2, 0.25) is 0 Å². The van der Waals surface area contributed by atoms with Gasteiger partial charge in [-0.05, 0) is 17.6 Å². The number of nitrogens with one attached hydrogen (secondary N) is 1. The summed E-state index contributed by atoms with van der Waals surface area (Å²) >= 11 is 0. The van der Waals surface area contributed by atoms with Crippen molar-refractivity contribution in [2.45, 2.75) is 12.6 Å². The summed E-state index contributed by atoms with van der Waals surface area (Å²) in [5, 5.41) is 1.90. The van der Waals surface area contributed by atoms with Gasteiger partial charge in [0.15, 0.2) is 0 Å². The summed E-state index contributed by atoms with van der Waals surface area (Å²) < 4.78 is 36.1. The maximum atomic E-state index is 12.0. The van der Waals surface area contributed by atoms with E-state index >= 15 is 0 Å². The van der Waals surface area contributed by atoms with Crippen molar-refractivity contribution in [3.05, 3.63) is 42.0 Å². The van der Waals surface area contributed by atoms with Gasteiger partial charge < -0.3 is 5.32 Å². The van der Waals surface area contributed by atoms with Gasteiger partial charge >= 0.3 is 6.18 Å².